The number of nitrogens with one attached hydrogen (secondary N) is 2. The quantitative estimate of drug-likeness (QED) is 0.288. The molecule has 2 aliphatic rings. The summed E-state index contributed by atoms with van der Waals surface area (Å²) in [6.07, 6.45) is 8.01. The van der Waals surface area contributed by atoms with E-state index in [0.717, 1.165) is 51.3 Å². The summed E-state index contributed by atoms with van der Waals surface area (Å²) in [5, 5.41) is 6.90. The lowest BCUT2D eigenvalue weighted by molar-refractivity contribution is 0.139. The molecule has 0 aromatic rings. The minimum atomic E-state index is 0. The van der Waals surface area contributed by atoms with Gasteiger partial charge in [-0.25, -0.2) is 0 Å². The molecule has 24 heavy (non-hydrogen) atoms. The van der Waals surface area contributed by atoms with E-state index in [2.05, 4.69) is 29.4 Å². The summed E-state index contributed by atoms with van der Waals surface area (Å²) in [7, 11) is 1.78. The van der Waals surface area contributed by atoms with Gasteiger partial charge in [0.05, 0.1) is 6.61 Å². The van der Waals surface area contributed by atoms with Gasteiger partial charge in [0, 0.05) is 45.9 Å². The number of hydrogen-bond acceptors (Lipinski definition) is 3. The lowest BCUT2D eigenvalue weighted by Crippen LogP contribution is -2.43. The van der Waals surface area contributed by atoms with Gasteiger partial charge in [0.1, 0.15) is 0 Å². The summed E-state index contributed by atoms with van der Waals surface area (Å²) in [6, 6.07) is 0.782. The Kier molecular flexibility index (Phi) is 10.5. The molecule has 0 radical (unpaired) electrons. The van der Waals surface area contributed by atoms with E-state index in [1.165, 1.54) is 38.5 Å². The number of rotatable bonds is 11. The van der Waals surface area contributed by atoms with Crippen molar-refractivity contribution in [1.29, 1.82) is 0 Å². The summed E-state index contributed by atoms with van der Waals surface area (Å²) in [4.78, 5) is 7.39. The highest BCUT2D eigenvalue weighted by Crippen LogP contribution is 2.43. The maximum atomic E-state index is 5.23. The van der Waals surface area contributed by atoms with Gasteiger partial charge in [0.25, 0.3) is 0 Å². The molecule has 142 valence electrons. The summed E-state index contributed by atoms with van der Waals surface area (Å²) in [5.41, 5.74) is 0.487. The van der Waals surface area contributed by atoms with Crippen molar-refractivity contribution >= 4 is 29.9 Å². The average Bonchev–Trinajstić information content (AvgIpc) is 3.34. The molecule has 0 aromatic carbocycles. The van der Waals surface area contributed by atoms with Crippen LogP contribution in [-0.4, -0.2) is 63.3 Å². The molecule has 0 aromatic heterocycles. The Balaban J connectivity index is 0.00000288. The van der Waals surface area contributed by atoms with Crippen molar-refractivity contribution in [2.24, 2.45) is 10.4 Å². The van der Waals surface area contributed by atoms with Gasteiger partial charge in [0.15, 0.2) is 5.96 Å². The van der Waals surface area contributed by atoms with Gasteiger partial charge in [0.2, 0.25) is 0 Å². The molecule has 0 atom stereocenters. The maximum absolute atomic E-state index is 5.23. The number of ether oxygens (including phenoxy) is 1. The van der Waals surface area contributed by atoms with Crippen LogP contribution in [0.25, 0.3) is 0 Å². The fourth-order valence-electron chi connectivity index (χ4n) is 3.33. The number of nitrogens with zero attached hydrogens (tertiary/aromatic N) is 2. The first-order chi connectivity index (χ1) is 11.2. The van der Waals surface area contributed by atoms with Gasteiger partial charge in [-0.1, -0.05) is 13.3 Å². The van der Waals surface area contributed by atoms with Gasteiger partial charge < -0.3 is 15.4 Å². The summed E-state index contributed by atoms with van der Waals surface area (Å²) in [6.45, 7) is 10.2. The van der Waals surface area contributed by atoms with E-state index < -0.39 is 0 Å². The Labute approximate surface area is 165 Å². The first-order valence-corrected chi connectivity index (χ1v) is 9.48. The Morgan fingerprint density at radius 1 is 1.21 bits per heavy atom. The zero-order chi connectivity index (χ0) is 16.5. The van der Waals surface area contributed by atoms with Gasteiger partial charge in [-0.15, -0.1) is 24.0 Å². The van der Waals surface area contributed by atoms with Crippen LogP contribution in [0.3, 0.4) is 0 Å². The van der Waals surface area contributed by atoms with Crippen LogP contribution < -0.4 is 10.6 Å². The van der Waals surface area contributed by atoms with Crippen LogP contribution in [0.15, 0.2) is 4.99 Å². The molecule has 0 bridgehead atoms. The smallest absolute Gasteiger partial charge is 0.191 e. The summed E-state index contributed by atoms with van der Waals surface area (Å²) >= 11 is 0. The van der Waals surface area contributed by atoms with Crippen LogP contribution in [0.1, 0.15) is 52.4 Å². The van der Waals surface area contributed by atoms with E-state index in [4.69, 9.17) is 9.73 Å². The van der Waals surface area contributed by atoms with Crippen molar-refractivity contribution < 1.29 is 4.74 Å². The van der Waals surface area contributed by atoms with Crippen molar-refractivity contribution in [3.8, 4) is 0 Å². The molecule has 0 unspecified atom stereocenters. The minimum Gasteiger partial charge on any atom is -0.383 e. The van der Waals surface area contributed by atoms with Crippen LogP contribution in [0.2, 0.25) is 0 Å². The Morgan fingerprint density at radius 2 is 1.96 bits per heavy atom. The van der Waals surface area contributed by atoms with Gasteiger partial charge in [-0.3, -0.25) is 9.89 Å². The monoisotopic (exact) mass is 452 g/mol. The first kappa shape index (κ1) is 22.0. The third kappa shape index (κ3) is 7.04. The van der Waals surface area contributed by atoms with Crippen molar-refractivity contribution in [1.82, 2.24) is 15.5 Å². The molecule has 2 saturated carbocycles. The molecule has 6 heteroatoms. The molecule has 2 rings (SSSR count). The molecule has 5 nitrogen and oxygen atoms in total. The normalized spacial score (nSPS) is 19.6. The number of hydrogen-bond donors (Lipinski definition) is 2. The van der Waals surface area contributed by atoms with Crippen molar-refractivity contribution in [3.05, 3.63) is 0 Å². The first-order valence-electron chi connectivity index (χ1n) is 9.48. The van der Waals surface area contributed by atoms with Crippen LogP contribution >= 0.6 is 24.0 Å². The topological polar surface area (TPSA) is 48.9 Å². The summed E-state index contributed by atoms with van der Waals surface area (Å²) in [5.74, 6) is 0.981. The van der Waals surface area contributed by atoms with Crippen molar-refractivity contribution in [2.75, 3.05) is 46.4 Å². The molecule has 2 fully saturated rings. The second-order valence-corrected chi connectivity index (χ2v) is 7.09. The van der Waals surface area contributed by atoms with E-state index >= 15 is 0 Å². The highest BCUT2D eigenvalue weighted by molar-refractivity contribution is 14.0. The second-order valence-electron chi connectivity index (χ2n) is 7.09. The van der Waals surface area contributed by atoms with Crippen LogP contribution in [-0.2, 0) is 4.74 Å². The fourth-order valence-corrected chi connectivity index (χ4v) is 3.33. The van der Waals surface area contributed by atoms with E-state index in [9.17, 15) is 0 Å². The lowest BCUT2D eigenvalue weighted by Gasteiger charge is -2.40. The average molecular weight is 452 g/mol. The van der Waals surface area contributed by atoms with E-state index in [1.54, 1.807) is 7.11 Å². The lowest BCUT2D eigenvalue weighted by atomic mass is 9.67. The molecule has 0 aliphatic heterocycles. The number of halogens is 1. The molecule has 0 spiro atoms. The third-order valence-electron chi connectivity index (χ3n) is 5.42. The number of guanidine groups is 1. The molecule has 2 N–H and O–H groups in total. The molecular weight excluding hydrogens is 415 g/mol. The molecule has 0 saturated heterocycles. The maximum Gasteiger partial charge on any atom is 0.191 e. The second kappa shape index (κ2) is 11.5. The summed E-state index contributed by atoms with van der Waals surface area (Å²) < 4.78 is 5.23. The highest BCUT2D eigenvalue weighted by Gasteiger charge is 2.34. The highest BCUT2D eigenvalue weighted by atomic mass is 127. The Bertz CT molecular complexity index is 365. The number of methoxy groups -OCH3 is 1. The van der Waals surface area contributed by atoms with Gasteiger partial charge in [-0.2, -0.15) is 0 Å². The van der Waals surface area contributed by atoms with Crippen LogP contribution in [0, 0.1) is 5.41 Å². The standard InChI is InChI=1S/C18H36N4O.HI/c1-4-18(9-6-10-18)15-21-17(19-5-2)20-11-12-22(13-14-23-3)16-7-8-16;/h16H,4-15H2,1-3H3,(H2,19,20,21);1H. The Morgan fingerprint density at radius 3 is 2.46 bits per heavy atom. The van der Waals surface area contributed by atoms with E-state index in [0.29, 0.717) is 5.41 Å². The predicted octanol–water partition coefficient (Wildman–Crippen LogP) is 2.85. The molecule has 2 aliphatic carbocycles. The Hall–Kier alpha value is -0.0800. The van der Waals surface area contributed by atoms with Gasteiger partial charge in [-0.05, 0) is 44.4 Å². The van der Waals surface area contributed by atoms with Gasteiger partial charge >= 0.3 is 0 Å². The van der Waals surface area contributed by atoms with Crippen LogP contribution in [0.4, 0.5) is 0 Å². The molecular formula is C18H37IN4O. The van der Waals surface area contributed by atoms with Crippen molar-refractivity contribution in [3.63, 3.8) is 0 Å². The third-order valence-corrected chi connectivity index (χ3v) is 5.42. The van der Waals surface area contributed by atoms with Crippen LogP contribution in [0.5, 0.6) is 0 Å². The number of aliphatic imine (C=N–C) groups is 1. The predicted molar refractivity (Wildman–Crippen MR) is 112 cm³/mol. The minimum absolute atomic E-state index is 0. The zero-order valence-corrected chi connectivity index (χ0v) is 18.1. The fraction of sp³-hybridized carbons (Fsp3) is 0.944. The largest absolute Gasteiger partial charge is 0.383 e. The van der Waals surface area contributed by atoms with E-state index in [-0.39, 0.29) is 24.0 Å². The molecule has 0 amide bonds. The van der Waals surface area contributed by atoms with Crippen molar-refractivity contribution in [2.45, 2.75) is 58.4 Å². The molecule has 0 heterocycles. The van der Waals surface area contributed by atoms with E-state index in [1.807, 2.05) is 0 Å². The SMILES string of the molecule is CCNC(=NCC1(CC)CCC1)NCCN(CCOC)C1CC1.I. The zero-order valence-electron chi connectivity index (χ0n) is 15.8.